The molecular formula is C19H15F2N3O2. The van der Waals surface area contributed by atoms with Crippen molar-refractivity contribution in [2.75, 3.05) is 5.32 Å². The molecule has 0 atom stereocenters. The van der Waals surface area contributed by atoms with Gasteiger partial charge in [0.1, 0.15) is 11.6 Å². The molecule has 0 aliphatic heterocycles. The Morgan fingerprint density at radius 3 is 2.73 bits per heavy atom. The monoisotopic (exact) mass is 355 g/mol. The molecule has 3 aromatic rings. The number of nitrogens with one attached hydrogen (secondary N) is 1. The molecule has 1 aromatic heterocycles. The molecule has 0 spiro atoms. The zero-order valence-corrected chi connectivity index (χ0v) is 13.7. The molecule has 5 nitrogen and oxygen atoms in total. The molecule has 1 amide bonds. The Morgan fingerprint density at radius 1 is 1.15 bits per heavy atom. The summed E-state index contributed by atoms with van der Waals surface area (Å²) in [6, 6.07) is 9.62. The van der Waals surface area contributed by atoms with Crippen LogP contribution in [0.2, 0.25) is 0 Å². The molecule has 1 aliphatic rings. The van der Waals surface area contributed by atoms with Gasteiger partial charge in [-0.15, -0.1) is 0 Å². The molecule has 1 saturated carbocycles. The normalized spacial score (nSPS) is 14.1. The quantitative estimate of drug-likeness (QED) is 0.746. The third-order valence-corrected chi connectivity index (χ3v) is 4.46. The number of hydrogen-bond donors (Lipinski definition) is 1. The molecule has 0 unspecified atom stereocenters. The highest BCUT2D eigenvalue weighted by Gasteiger charge is 2.25. The van der Waals surface area contributed by atoms with Gasteiger partial charge in [0.25, 0.3) is 5.91 Å². The molecule has 0 radical (unpaired) electrons. The molecule has 132 valence electrons. The molecule has 4 rings (SSSR count). The summed E-state index contributed by atoms with van der Waals surface area (Å²) in [5.74, 6) is -0.701. The van der Waals surface area contributed by atoms with Crippen molar-refractivity contribution < 1.29 is 18.1 Å². The van der Waals surface area contributed by atoms with Crippen LogP contribution in [0.5, 0.6) is 0 Å². The van der Waals surface area contributed by atoms with Gasteiger partial charge in [-0.05, 0) is 37.1 Å². The van der Waals surface area contributed by atoms with Crippen LogP contribution in [-0.4, -0.2) is 16.0 Å². The van der Waals surface area contributed by atoms with E-state index >= 15 is 0 Å². The lowest BCUT2D eigenvalue weighted by molar-refractivity contribution is 0.102. The minimum absolute atomic E-state index is 0.0892. The topological polar surface area (TPSA) is 68.0 Å². The van der Waals surface area contributed by atoms with Crippen molar-refractivity contribution in [1.29, 1.82) is 0 Å². The third-order valence-electron chi connectivity index (χ3n) is 4.46. The van der Waals surface area contributed by atoms with Gasteiger partial charge in [0.15, 0.2) is 0 Å². The first-order chi connectivity index (χ1) is 12.6. The number of carbonyl (C=O) groups excluding carboxylic acids is 1. The first kappa shape index (κ1) is 16.4. The third kappa shape index (κ3) is 3.20. The van der Waals surface area contributed by atoms with E-state index in [9.17, 15) is 13.6 Å². The van der Waals surface area contributed by atoms with Crippen molar-refractivity contribution in [2.45, 2.75) is 25.2 Å². The van der Waals surface area contributed by atoms with Crippen LogP contribution in [0.15, 0.2) is 47.0 Å². The van der Waals surface area contributed by atoms with E-state index < -0.39 is 17.5 Å². The molecule has 7 heteroatoms. The maximum atomic E-state index is 13.7. The van der Waals surface area contributed by atoms with Crippen LogP contribution in [0, 0.1) is 11.6 Å². The number of aromatic nitrogens is 2. The Hall–Kier alpha value is -3.09. The number of amides is 1. The van der Waals surface area contributed by atoms with Gasteiger partial charge in [-0.3, -0.25) is 4.79 Å². The van der Waals surface area contributed by atoms with Crippen LogP contribution in [0.4, 0.5) is 14.5 Å². The maximum absolute atomic E-state index is 13.7. The molecule has 0 saturated heterocycles. The van der Waals surface area contributed by atoms with Crippen LogP contribution in [-0.2, 0) is 0 Å². The zero-order valence-electron chi connectivity index (χ0n) is 13.7. The van der Waals surface area contributed by atoms with Crippen LogP contribution >= 0.6 is 0 Å². The Morgan fingerprint density at radius 2 is 2.00 bits per heavy atom. The number of carbonyl (C=O) groups is 1. The Balaban J connectivity index is 1.54. The number of halogens is 2. The summed E-state index contributed by atoms with van der Waals surface area (Å²) < 4.78 is 32.0. The first-order valence-corrected chi connectivity index (χ1v) is 8.30. The number of rotatable bonds is 4. The van der Waals surface area contributed by atoms with Gasteiger partial charge in [0, 0.05) is 23.1 Å². The molecule has 0 bridgehead atoms. The standard InChI is InChI=1S/C19H15F2N3O2/c20-14-7-8-16(15(21)10-14)22-18(25)13-6-2-5-12(9-13)17-23-19(26-24-17)11-3-1-4-11/h2,5-11H,1,3-4H2,(H,22,25). The summed E-state index contributed by atoms with van der Waals surface area (Å²) in [6.45, 7) is 0. The predicted octanol–water partition coefficient (Wildman–Crippen LogP) is 4.53. The minimum Gasteiger partial charge on any atom is -0.339 e. The summed E-state index contributed by atoms with van der Waals surface area (Å²) >= 11 is 0. The highest BCUT2D eigenvalue weighted by molar-refractivity contribution is 6.04. The molecule has 1 N–H and O–H groups in total. The number of benzene rings is 2. The van der Waals surface area contributed by atoms with Crippen molar-refractivity contribution in [3.05, 3.63) is 65.6 Å². The van der Waals surface area contributed by atoms with Crippen molar-refractivity contribution in [3.63, 3.8) is 0 Å². The Kier molecular flexibility index (Phi) is 4.20. The van der Waals surface area contributed by atoms with Gasteiger partial charge >= 0.3 is 0 Å². The fraction of sp³-hybridized carbons (Fsp3) is 0.211. The molecule has 1 heterocycles. The smallest absolute Gasteiger partial charge is 0.255 e. The van der Waals surface area contributed by atoms with Crippen LogP contribution in [0.1, 0.15) is 41.4 Å². The maximum Gasteiger partial charge on any atom is 0.255 e. The lowest BCUT2D eigenvalue weighted by Crippen LogP contribution is -2.13. The molecule has 1 aliphatic carbocycles. The average molecular weight is 355 g/mol. The summed E-state index contributed by atoms with van der Waals surface area (Å²) in [5, 5.41) is 6.41. The van der Waals surface area contributed by atoms with Crippen LogP contribution in [0.25, 0.3) is 11.4 Å². The highest BCUT2D eigenvalue weighted by atomic mass is 19.1. The van der Waals surface area contributed by atoms with Crippen molar-refractivity contribution in [2.24, 2.45) is 0 Å². The van der Waals surface area contributed by atoms with E-state index in [-0.39, 0.29) is 5.69 Å². The Labute approximate surface area is 148 Å². The fourth-order valence-corrected chi connectivity index (χ4v) is 2.76. The number of anilines is 1. The zero-order chi connectivity index (χ0) is 18.1. The van der Waals surface area contributed by atoms with Gasteiger partial charge in [-0.1, -0.05) is 23.7 Å². The van der Waals surface area contributed by atoms with E-state index in [0.717, 1.165) is 25.3 Å². The van der Waals surface area contributed by atoms with Gasteiger partial charge in [0.2, 0.25) is 11.7 Å². The largest absolute Gasteiger partial charge is 0.339 e. The second kappa shape index (κ2) is 6.67. The van der Waals surface area contributed by atoms with Crippen LogP contribution < -0.4 is 5.32 Å². The van der Waals surface area contributed by atoms with E-state index in [1.54, 1.807) is 24.3 Å². The second-order valence-electron chi connectivity index (χ2n) is 6.24. The van der Waals surface area contributed by atoms with Crippen molar-refractivity contribution in [1.82, 2.24) is 10.1 Å². The minimum atomic E-state index is -0.835. The number of nitrogens with zero attached hydrogens (tertiary/aromatic N) is 2. The molecule has 26 heavy (non-hydrogen) atoms. The van der Waals surface area contributed by atoms with Gasteiger partial charge in [0.05, 0.1) is 5.69 Å². The summed E-state index contributed by atoms with van der Waals surface area (Å²) in [4.78, 5) is 16.8. The summed E-state index contributed by atoms with van der Waals surface area (Å²) in [6.07, 6.45) is 3.26. The van der Waals surface area contributed by atoms with Crippen LogP contribution in [0.3, 0.4) is 0 Å². The fourth-order valence-electron chi connectivity index (χ4n) is 2.76. The van der Waals surface area contributed by atoms with Crippen molar-refractivity contribution >= 4 is 11.6 Å². The van der Waals surface area contributed by atoms with E-state index in [1.807, 2.05) is 0 Å². The van der Waals surface area contributed by atoms with E-state index in [2.05, 4.69) is 15.5 Å². The second-order valence-corrected chi connectivity index (χ2v) is 6.24. The predicted molar refractivity (Wildman–Crippen MR) is 90.6 cm³/mol. The average Bonchev–Trinajstić information content (AvgIpc) is 3.05. The molecule has 1 fully saturated rings. The summed E-state index contributed by atoms with van der Waals surface area (Å²) in [5.41, 5.74) is 0.849. The van der Waals surface area contributed by atoms with E-state index in [4.69, 9.17) is 4.52 Å². The lowest BCUT2D eigenvalue weighted by atomic mass is 9.85. The first-order valence-electron chi connectivity index (χ1n) is 8.30. The van der Waals surface area contributed by atoms with Crippen molar-refractivity contribution in [3.8, 4) is 11.4 Å². The molecule has 2 aromatic carbocycles. The van der Waals surface area contributed by atoms with E-state index in [0.29, 0.717) is 34.8 Å². The number of hydrogen-bond acceptors (Lipinski definition) is 4. The SMILES string of the molecule is O=C(Nc1ccc(F)cc1F)c1cccc(-c2noc(C3CCC3)n2)c1. The molecular weight excluding hydrogens is 340 g/mol. The van der Waals surface area contributed by atoms with E-state index in [1.165, 1.54) is 6.07 Å². The summed E-state index contributed by atoms with van der Waals surface area (Å²) in [7, 11) is 0. The highest BCUT2D eigenvalue weighted by Crippen LogP contribution is 2.36. The van der Waals surface area contributed by atoms with Gasteiger partial charge in [-0.2, -0.15) is 4.98 Å². The van der Waals surface area contributed by atoms with Gasteiger partial charge < -0.3 is 9.84 Å². The Bertz CT molecular complexity index is 967. The van der Waals surface area contributed by atoms with Gasteiger partial charge in [-0.25, -0.2) is 8.78 Å². The lowest BCUT2D eigenvalue weighted by Gasteiger charge is -2.20.